The average Bonchev–Trinajstić information content (AvgIpc) is 2.42. The lowest BCUT2D eigenvalue weighted by Crippen LogP contribution is -2.47. The fraction of sp³-hybridized carbons (Fsp3) is 0.273. The van der Waals surface area contributed by atoms with Crippen LogP contribution >= 0.6 is 0 Å². The van der Waals surface area contributed by atoms with Gasteiger partial charge < -0.3 is 15.5 Å². The number of hydrogen-bond donors (Lipinski definition) is 3. The van der Waals surface area contributed by atoms with Crippen molar-refractivity contribution in [3.63, 3.8) is 0 Å². The molecule has 0 fully saturated rings. The van der Waals surface area contributed by atoms with Gasteiger partial charge >= 0.3 is 5.97 Å². The van der Waals surface area contributed by atoms with Crippen molar-refractivity contribution in [2.45, 2.75) is 19.1 Å². The number of aliphatic carboxylic acids is 1. The van der Waals surface area contributed by atoms with Crippen molar-refractivity contribution in [1.82, 2.24) is 5.32 Å². The molecule has 0 aromatic heterocycles. The van der Waals surface area contributed by atoms with E-state index in [1.54, 1.807) is 0 Å². The van der Waals surface area contributed by atoms with Crippen molar-refractivity contribution < 1.29 is 29.6 Å². The first-order valence-corrected chi connectivity index (χ1v) is 5.79. The lowest BCUT2D eigenvalue weighted by molar-refractivity contribution is -0.394. The number of nitro groups is 2. The van der Waals surface area contributed by atoms with Gasteiger partial charge in [0.1, 0.15) is 0 Å². The monoisotopic (exact) mass is 313 g/mol. The van der Waals surface area contributed by atoms with Crippen molar-refractivity contribution in [3.8, 4) is 0 Å². The minimum atomic E-state index is -1.66. The molecule has 0 saturated heterocycles. The molecule has 1 aromatic carbocycles. The van der Waals surface area contributed by atoms with Crippen LogP contribution < -0.4 is 5.32 Å². The lowest BCUT2D eigenvalue weighted by atomic mass is 10.1. The van der Waals surface area contributed by atoms with Gasteiger partial charge in [0.2, 0.25) is 0 Å². The number of nitro benzene ring substituents is 2. The van der Waals surface area contributed by atoms with Gasteiger partial charge in [0, 0.05) is 12.1 Å². The van der Waals surface area contributed by atoms with E-state index >= 15 is 0 Å². The third-order valence-electron chi connectivity index (χ3n) is 2.62. The van der Waals surface area contributed by atoms with Crippen molar-refractivity contribution in [2.24, 2.45) is 0 Å². The summed E-state index contributed by atoms with van der Waals surface area (Å²) in [6.45, 7) is 1.12. The molecule has 11 heteroatoms. The van der Waals surface area contributed by atoms with Gasteiger partial charge in [-0.3, -0.25) is 25.0 Å². The Kier molecular flexibility index (Phi) is 5.08. The van der Waals surface area contributed by atoms with Gasteiger partial charge in [0.05, 0.1) is 27.6 Å². The molecule has 3 N–H and O–H groups in total. The summed E-state index contributed by atoms with van der Waals surface area (Å²) < 4.78 is 0. The summed E-state index contributed by atoms with van der Waals surface area (Å²) in [5.41, 5.74) is -1.85. The maximum atomic E-state index is 11.9. The Hall–Kier alpha value is -3.08. The van der Waals surface area contributed by atoms with Crippen LogP contribution in [0.15, 0.2) is 18.2 Å². The number of carbonyl (C=O) groups excluding carboxylic acids is 1. The molecule has 0 heterocycles. The number of hydrogen-bond acceptors (Lipinski definition) is 7. The second-order valence-electron chi connectivity index (χ2n) is 4.28. The molecule has 1 aromatic rings. The maximum Gasteiger partial charge on any atom is 0.328 e. The van der Waals surface area contributed by atoms with E-state index in [1.165, 1.54) is 0 Å². The predicted molar refractivity (Wildman–Crippen MR) is 70.3 cm³/mol. The molecular weight excluding hydrogens is 302 g/mol. The normalized spacial score (nSPS) is 13.0. The van der Waals surface area contributed by atoms with E-state index in [-0.39, 0.29) is 0 Å². The Morgan fingerprint density at radius 3 is 1.91 bits per heavy atom. The largest absolute Gasteiger partial charge is 0.480 e. The second kappa shape index (κ2) is 6.58. The minimum absolute atomic E-state index is 0.465. The molecule has 0 aliphatic heterocycles. The molecule has 2 unspecified atom stereocenters. The number of carbonyl (C=O) groups is 2. The fourth-order valence-electron chi connectivity index (χ4n) is 1.55. The van der Waals surface area contributed by atoms with E-state index in [1.807, 2.05) is 5.32 Å². The number of amides is 1. The van der Waals surface area contributed by atoms with E-state index in [9.17, 15) is 34.9 Å². The van der Waals surface area contributed by atoms with Crippen LogP contribution in [0.3, 0.4) is 0 Å². The molecule has 11 nitrogen and oxygen atoms in total. The zero-order chi connectivity index (χ0) is 17.0. The summed E-state index contributed by atoms with van der Waals surface area (Å²) in [5, 5.41) is 41.4. The Labute approximate surface area is 122 Å². The van der Waals surface area contributed by atoms with Gasteiger partial charge in [0.15, 0.2) is 6.04 Å². The topological polar surface area (TPSA) is 173 Å². The SMILES string of the molecule is CC(O)C(NC(=O)c1cc([N+](=O)[O-])cc([N+](=O)[O-])c1)C(=O)O. The highest BCUT2D eigenvalue weighted by Gasteiger charge is 2.27. The van der Waals surface area contributed by atoms with Gasteiger partial charge in [-0.15, -0.1) is 0 Å². The zero-order valence-corrected chi connectivity index (χ0v) is 11.1. The smallest absolute Gasteiger partial charge is 0.328 e. The quantitative estimate of drug-likeness (QED) is 0.488. The molecule has 0 bridgehead atoms. The van der Waals surface area contributed by atoms with Crippen molar-refractivity contribution in [1.29, 1.82) is 0 Å². The highest BCUT2D eigenvalue weighted by Crippen LogP contribution is 2.22. The van der Waals surface area contributed by atoms with Gasteiger partial charge in [-0.1, -0.05) is 0 Å². The van der Waals surface area contributed by atoms with E-state index in [0.717, 1.165) is 19.1 Å². The summed E-state index contributed by atoms with van der Waals surface area (Å²) in [5.74, 6) is -2.62. The summed E-state index contributed by atoms with van der Waals surface area (Å²) in [4.78, 5) is 42.3. The Morgan fingerprint density at radius 1 is 1.14 bits per heavy atom. The third-order valence-corrected chi connectivity index (χ3v) is 2.62. The second-order valence-corrected chi connectivity index (χ2v) is 4.28. The molecule has 0 saturated carbocycles. The molecular formula is C11H11N3O8. The Morgan fingerprint density at radius 2 is 1.59 bits per heavy atom. The number of aliphatic hydroxyl groups is 1. The number of carboxylic acids is 1. The number of nitrogens with zero attached hydrogens (tertiary/aromatic N) is 2. The van der Waals surface area contributed by atoms with Crippen LogP contribution in [0.1, 0.15) is 17.3 Å². The van der Waals surface area contributed by atoms with Crippen LogP contribution in [0.25, 0.3) is 0 Å². The number of non-ortho nitro benzene ring substituents is 2. The number of rotatable bonds is 6. The Balaban J connectivity index is 3.19. The van der Waals surface area contributed by atoms with Crippen LogP contribution in [-0.4, -0.2) is 44.1 Å². The summed E-state index contributed by atoms with van der Waals surface area (Å²) in [6, 6.07) is 0.540. The average molecular weight is 313 g/mol. The molecule has 118 valence electrons. The zero-order valence-electron chi connectivity index (χ0n) is 11.1. The van der Waals surface area contributed by atoms with Gasteiger partial charge in [-0.05, 0) is 6.92 Å². The van der Waals surface area contributed by atoms with Crippen molar-refractivity contribution in [2.75, 3.05) is 0 Å². The van der Waals surface area contributed by atoms with Crippen LogP contribution in [0.5, 0.6) is 0 Å². The minimum Gasteiger partial charge on any atom is -0.480 e. The molecule has 0 radical (unpaired) electrons. The fourth-order valence-corrected chi connectivity index (χ4v) is 1.55. The van der Waals surface area contributed by atoms with E-state index in [2.05, 4.69) is 0 Å². The van der Waals surface area contributed by atoms with Gasteiger partial charge in [-0.25, -0.2) is 4.79 Å². The maximum absolute atomic E-state index is 11.9. The molecule has 0 aliphatic rings. The van der Waals surface area contributed by atoms with Crippen molar-refractivity contribution in [3.05, 3.63) is 44.0 Å². The number of carboxylic acid groups (broad SMARTS) is 1. The molecule has 1 rings (SSSR count). The van der Waals surface area contributed by atoms with Gasteiger partial charge in [0.25, 0.3) is 17.3 Å². The van der Waals surface area contributed by atoms with E-state index in [4.69, 9.17) is 5.11 Å². The van der Waals surface area contributed by atoms with Gasteiger partial charge in [-0.2, -0.15) is 0 Å². The molecule has 2 atom stereocenters. The molecule has 0 aliphatic carbocycles. The standard InChI is InChI=1S/C11H11N3O8/c1-5(15)9(11(17)18)12-10(16)6-2-7(13(19)20)4-8(3-6)14(21)22/h2-5,9,15H,1H3,(H,12,16)(H,17,18). The van der Waals surface area contributed by atoms with Crippen molar-refractivity contribution >= 4 is 23.3 Å². The number of nitrogens with one attached hydrogen (secondary N) is 1. The third kappa shape index (κ3) is 3.96. The highest BCUT2D eigenvalue weighted by atomic mass is 16.6. The van der Waals surface area contributed by atoms with Crippen LogP contribution in [0.2, 0.25) is 0 Å². The highest BCUT2D eigenvalue weighted by molar-refractivity contribution is 5.97. The predicted octanol–water partition coefficient (Wildman–Crippen LogP) is 0.0668. The Bertz CT molecular complexity index is 610. The lowest BCUT2D eigenvalue weighted by Gasteiger charge is -2.16. The number of aliphatic hydroxyl groups excluding tert-OH is 1. The summed E-state index contributed by atoms with van der Waals surface area (Å²) in [7, 11) is 0. The summed E-state index contributed by atoms with van der Waals surface area (Å²) >= 11 is 0. The molecule has 22 heavy (non-hydrogen) atoms. The van der Waals surface area contributed by atoms with Crippen LogP contribution in [-0.2, 0) is 4.79 Å². The van der Waals surface area contributed by atoms with Crippen LogP contribution in [0.4, 0.5) is 11.4 Å². The molecule has 0 spiro atoms. The first-order valence-electron chi connectivity index (χ1n) is 5.79. The van der Waals surface area contributed by atoms with E-state index < -0.39 is 50.8 Å². The van der Waals surface area contributed by atoms with E-state index in [0.29, 0.717) is 6.07 Å². The number of benzene rings is 1. The first-order chi connectivity index (χ1) is 10.1. The summed E-state index contributed by atoms with van der Waals surface area (Å²) in [6.07, 6.45) is -1.44. The molecule has 1 amide bonds. The van der Waals surface area contributed by atoms with Crippen LogP contribution in [0, 0.1) is 20.2 Å². The first kappa shape index (κ1) is 17.0.